The first-order chi connectivity index (χ1) is 7.24. The van der Waals surface area contributed by atoms with Gasteiger partial charge in [-0.2, -0.15) is 0 Å². The highest BCUT2D eigenvalue weighted by atomic mass is 16.1. The standard InChI is InChI=1S/C12H16N2O/c1-3-4-8-12(15)14-10(2)11-7-5-6-9-13-11/h3,5-7,9-10H,1,4,8H2,2H3,(H,14,15). The second kappa shape index (κ2) is 5.96. The normalized spacial score (nSPS) is 11.8. The molecule has 3 heteroatoms. The predicted octanol–water partition coefficient (Wildman–Crippen LogP) is 2.22. The van der Waals surface area contributed by atoms with Crippen molar-refractivity contribution < 1.29 is 4.79 Å². The van der Waals surface area contributed by atoms with Gasteiger partial charge in [0.05, 0.1) is 11.7 Å². The Morgan fingerprint density at radius 3 is 3.07 bits per heavy atom. The van der Waals surface area contributed by atoms with Crippen molar-refractivity contribution in [3.05, 3.63) is 42.7 Å². The van der Waals surface area contributed by atoms with Gasteiger partial charge in [-0.15, -0.1) is 6.58 Å². The largest absolute Gasteiger partial charge is 0.348 e. The monoisotopic (exact) mass is 204 g/mol. The molecule has 1 unspecified atom stereocenters. The number of hydrogen-bond acceptors (Lipinski definition) is 2. The van der Waals surface area contributed by atoms with Gasteiger partial charge in [0, 0.05) is 12.6 Å². The molecular formula is C12H16N2O. The van der Waals surface area contributed by atoms with Crippen molar-refractivity contribution in [3.8, 4) is 0 Å². The molecule has 0 bridgehead atoms. The van der Waals surface area contributed by atoms with Crippen LogP contribution >= 0.6 is 0 Å². The fourth-order valence-electron chi connectivity index (χ4n) is 1.25. The number of nitrogens with zero attached hydrogens (tertiary/aromatic N) is 1. The number of aromatic nitrogens is 1. The van der Waals surface area contributed by atoms with Crippen LogP contribution in [-0.2, 0) is 4.79 Å². The van der Waals surface area contributed by atoms with E-state index < -0.39 is 0 Å². The van der Waals surface area contributed by atoms with Gasteiger partial charge in [0.2, 0.25) is 5.91 Å². The SMILES string of the molecule is C=CCCC(=O)NC(C)c1ccccn1. The van der Waals surface area contributed by atoms with Crippen molar-refractivity contribution in [2.24, 2.45) is 0 Å². The lowest BCUT2D eigenvalue weighted by molar-refractivity contribution is -0.121. The minimum atomic E-state index is -0.0384. The summed E-state index contributed by atoms with van der Waals surface area (Å²) in [5.41, 5.74) is 0.879. The highest BCUT2D eigenvalue weighted by Gasteiger charge is 2.08. The Morgan fingerprint density at radius 1 is 1.67 bits per heavy atom. The number of carbonyl (C=O) groups excluding carboxylic acids is 1. The Balaban J connectivity index is 2.45. The third-order valence-electron chi connectivity index (χ3n) is 2.08. The molecule has 0 aliphatic rings. The predicted molar refractivity (Wildman–Crippen MR) is 60.2 cm³/mol. The van der Waals surface area contributed by atoms with Gasteiger partial charge in [0.25, 0.3) is 0 Å². The van der Waals surface area contributed by atoms with Crippen LogP contribution in [0.15, 0.2) is 37.1 Å². The van der Waals surface area contributed by atoms with Crippen LogP contribution < -0.4 is 5.32 Å². The second-order valence-corrected chi connectivity index (χ2v) is 3.37. The van der Waals surface area contributed by atoms with E-state index in [2.05, 4.69) is 16.9 Å². The molecule has 0 saturated heterocycles. The molecule has 15 heavy (non-hydrogen) atoms. The van der Waals surface area contributed by atoms with Crippen LogP contribution in [-0.4, -0.2) is 10.9 Å². The summed E-state index contributed by atoms with van der Waals surface area (Å²) < 4.78 is 0. The molecule has 3 nitrogen and oxygen atoms in total. The number of nitrogens with one attached hydrogen (secondary N) is 1. The molecule has 1 N–H and O–H groups in total. The van der Waals surface area contributed by atoms with Crippen LogP contribution in [0.4, 0.5) is 0 Å². The maximum absolute atomic E-state index is 11.4. The maximum atomic E-state index is 11.4. The van der Waals surface area contributed by atoms with E-state index in [0.29, 0.717) is 12.8 Å². The van der Waals surface area contributed by atoms with E-state index in [-0.39, 0.29) is 11.9 Å². The molecule has 1 atom stereocenters. The first kappa shape index (κ1) is 11.4. The van der Waals surface area contributed by atoms with E-state index in [0.717, 1.165) is 5.69 Å². The quantitative estimate of drug-likeness (QED) is 0.747. The number of pyridine rings is 1. The van der Waals surface area contributed by atoms with Gasteiger partial charge in [-0.1, -0.05) is 12.1 Å². The Morgan fingerprint density at radius 2 is 2.47 bits per heavy atom. The summed E-state index contributed by atoms with van der Waals surface area (Å²) in [7, 11) is 0. The summed E-state index contributed by atoms with van der Waals surface area (Å²) in [4.78, 5) is 15.6. The summed E-state index contributed by atoms with van der Waals surface area (Å²) in [6, 6.07) is 5.63. The van der Waals surface area contributed by atoms with Crippen molar-refractivity contribution >= 4 is 5.91 Å². The zero-order chi connectivity index (χ0) is 11.1. The molecule has 1 aromatic rings. The van der Waals surface area contributed by atoms with Crippen molar-refractivity contribution in [1.82, 2.24) is 10.3 Å². The molecular weight excluding hydrogens is 188 g/mol. The Labute approximate surface area is 90.2 Å². The lowest BCUT2D eigenvalue weighted by Gasteiger charge is -2.12. The zero-order valence-electron chi connectivity index (χ0n) is 8.94. The molecule has 0 aliphatic carbocycles. The van der Waals surface area contributed by atoms with Crippen molar-refractivity contribution in [1.29, 1.82) is 0 Å². The highest BCUT2D eigenvalue weighted by molar-refractivity contribution is 5.76. The molecule has 1 heterocycles. The van der Waals surface area contributed by atoms with Gasteiger partial charge in [-0.05, 0) is 25.5 Å². The number of allylic oxidation sites excluding steroid dienone is 1. The van der Waals surface area contributed by atoms with Crippen LogP contribution in [0.5, 0.6) is 0 Å². The first-order valence-corrected chi connectivity index (χ1v) is 5.05. The Bertz CT molecular complexity index is 322. The van der Waals surface area contributed by atoms with Crippen molar-refractivity contribution in [2.75, 3.05) is 0 Å². The summed E-state index contributed by atoms with van der Waals surface area (Å²) in [6.45, 7) is 5.50. The fourth-order valence-corrected chi connectivity index (χ4v) is 1.25. The molecule has 0 spiro atoms. The first-order valence-electron chi connectivity index (χ1n) is 5.05. The highest BCUT2D eigenvalue weighted by Crippen LogP contribution is 2.08. The summed E-state index contributed by atoms with van der Waals surface area (Å²) in [6.07, 6.45) is 4.66. The van der Waals surface area contributed by atoms with Crippen LogP contribution in [0.2, 0.25) is 0 Å². The minimum absolute atomic E-state index is 0.0352. The Hall–Kier alpha value is -1.64. The second-order valence-electron chi connectivity index (χ2n) is 3.37. The van der Waals surface area contributed by atoms with E-state index in [1.165, 1.54) is 0 Å². The molecule has 1 amide bonds. The van der Waals surface area contributed by atoms with Gasteiger partial charge in [-0.25, -0.2) is 0 Å². The number of hydrogen-bond donors (Lipinski definition) is 1. The van der Waals surface area contributed by atoms with Gasteiger partial charge in [-0.3, -0.25) is 9.78 Å². The molecule has 0 aromatic carbocycles. The number of rotatable bonds is 5. The van der Waals surface area contributed by atoms with Crippen LogP contribution in [0.3, 0.4) is 0 Å². The average molecular weight is 204 g/mol. The van der Waals surface area contributed by atoms with Gasteiger partial charge in [0.15, 0.2) is 0 Å². The van der Waals surface area contributed by atoms with Gasteiger partial charge < -0.3 is 5.32 Å². The summed E-state index contributed by atoms with van der Waals surface area (Å²) in [5, 5.41) is 2.88. The Kier molecular flexibility index (Phi) is 4.54. The van der Waals surface area contributed by atoms with Crippen LogP contribution in [0.1, 0.15) is 31.5 Å². The topological polar surface area (TPSA) is 42.0 Å². The molecule has 0 fully saturated rings. The van der Waals surface area contributed by atoms with Crippen molar-refractivity contribution in [2.45, 2.75) is 25.8 Å². The third-order valence-corrected chi connectivity index (χ3v) is 2.08. The smallest absolute Gasteiger partial charge is 0.220 e. The third kappa shape index (κ3) is 3.94. The summed E-state index contributed by atoms with van der Waals surface area (Å²) in [5.74, 6) is 0.0352. The van der Waals surface area contributed by atoms with E-state index in [9.17, 15) is 4.79 Å². The lowest BCUT2D eigenvalue weighted by atomic mass is 10.2. The van der Waals surface area contributed by atoms with Gasteiger partial charge >= 0.3 is 0 Å². The number of carbonyl (C=O) groups is 1. The van der Waals surface area contributed by atoms with E-state index >= 15 is 0 Å². The molecule has 0 radical (unpaired) electrons. The maximum Gasteiger partial charge on any atom is 0.220 e. The zero-order valence-corrected chi connectivity index (χ0v) is 8.94. The van der Waals surface area contributed by atoms with Crippen LogP contribution in [0, 0.1) is 0 Å². The fraction of sp³-hybridized carbons (Fsp3) is 0.333. The van der Waals surface area contributed by atoms with E-state index in [1.807, 2.05) is 25.1 Å². The van der Waals surface area contributed by atoms with Crippen LogP contribution in [0.25, 0.3) is 0 Å². The van der Waals surface area contributed by atoms with E-state index in [1.54, 1.807) is 12.3 Å². The summed E-state index contributed by atoms with van der Waals surface area (Å²) >= 11 is 0. The molecule has 1 aromatic heterocycles. The molecule has 1 rings (SSSR count). The lowest BCUT2D eigenvalue weighted by Crippen LogP contribution is -2.26. The van der Waals surface area contributed by atoms with Gasteiger partial charge in [0.1, 0.15) is 0 Å². The molecule has 0 aliphatic heterocycles. The van der Waals surface area contributed by atoms with E-state index in [4.69, 9.17) is 0 Å². The minimum Gasteiger partial charge on any atom is -0.348 e. The molecule has 0 saturated carbocycles. The van der Waals surface area contributed by atoms with Crippen molar-refractivity contribution in [3.63, 3.8) is 0 Å². The average Bonchev–Trinajstić information content (AvgIpc) is 2.27. The number of amides is 1. The molecule has 80 valence electrons.